The molecule has 30 heavy (non-hydrogen) atoms. The highest BCUT2D eigenvalue weighted by Gasteiger charge is 2.32. The number of rotatable bonds is 8. The van der Waals surface area contributed by atoms with Crippen LogP contribution < -0.4 is 9.62 Å². The quantitative estimate of drug-likeness (QED) is 0.658. The van der Waals surface area contributed by atoms with E-state index in [0.717, 1.165) is 28.9 Å². The van der Waals surface area contributed by atoms with Gasteiger partial charge in [-0.2, -0.15) is 0 Å². The summed E-state index contributed by atoms with van der Waals surface area (Å²) in [5.74, 6) is -1.04. The van der Waals surface area contributed by atoms with Gasteiger partial charge in [-0.15, -0.1) is 0 Å². The van der Waals surface area contributed by atoms with E-state index in [1.807, 2.05) is 0 Å². The van der Waals surface area contributed by atoms with Crippen molar-refractivity contribution in [1.29, 1.82) is 0 Å². The van der Waals surface area contributed by atoms with Crippen molar-refractivity contribution in [3.05, 3.63) is 59.9 Å². The van der Waals surface area contributed by atoms with Crippen LogP contribution in [0.5, 0.6) is 0 Å². The van der Waals surface area contributed by atoms with Crippen molar-refractivity contribution < 1.29 is 26.0 Å². The number of carbonyl (C=O) groups excluding carboxylic acids is 1. The first-order chi connectivity index (χ1) is 13.8. The Morgan fingerprint density at radius 2 is 1.53 bits per heavy atom. The molecule has 0 saturated heterocycles. The van der Waals surface area contributed by atoms with Gasteiger partial charge < -0.3 is 5.32 Å². The van der Waals surface area contributed by atoms with Crippen LogP contribution in [0, 0.1) is 5.82 Å². The molecule has 10 heteroatoms. The number of benzene rings is 2. The number of hydrogen-bond donors (Lipinski definition) is 1. The lowest BCUT2D eigenvalue weighted by Crippen LogP contribution is -2.49. The van der Waals surface area contributed by atoms with E-state index < -0.39 is 43.7 Å². The van der Waals surface area contributed by atoms with Gasteiger partial charge in [-0.3, -0.25) is 9.10 Å². The first-order valence-corrected chi connectivity index (χ1v) is 12.9. The molecule has 7 nitrogen and oxygen atoms in total. The molecule has 0 aromatic heterocycles. The molecule has 2 aromatic rings. The van der Waals surface area contributed by atoms with Gasteiger partial charge in [0.05, 0.1) is 22.9 Å². The highest BCUT2D eigenvalue weighted by molar-refractivity contribution is 7.92. The number of nitrogens with zero attached hydrogens (tertiary/aromatic N) is 1. The third kappa shape index (κ3) is 5.79. The van der Waals surface area contributed by atoms with Crippen LogP contribution >= 0.6 is 0 Å². The molecule has 2 atom stereocenters. The summed E-state index contributed by atoms with van der Waals surface area (Å²) in [5.41, 5.74) is 0.851. The summed E-state index contributed by atoms with van der Waals surface area (Å²) in [7, 11) is -7.16. The van der Waals surface area contributed by atoms with Crippen LogP contribution in [0.3, 0.4) is 0 Å². The SMILES string of the molecule is CC[C@H](C(=O)N[C@H](C)c1ccc(S(C)(=O)=O)cc1)N(c1ccc(F)cc1)S(C)(=O)=O. The van der Waals surface area contributed by atoms with Crippen molar-refractivity contribution in [2.24, 2.45) is 0 Å². The molecule has 2 rings (SSSR count). The number of sulfonamides is 1. The number of amides is 1. The predicted octanol–water partition coefficient (Wildman–Crippen LogP) is 2.65. The van der Waals surface area contributed by atoms with E-state index in [1.165, 1.54) is 24.3 Å². The molecule has 1 N–H and O–H groups in total. The van der Waals surface area contributed by atoms with E-state index in [0.29, 0.717) is 5.56 Å². The summed E-state index contributed by atoms with van der Waals surface area (Å²) in [6.07, 6.45) is 2.28. The summed E-state index contributed by atoms with van der Waals surface area (Å²) in [6, 6.07) is 9.43. The third-order valence-electron chi connectivity index (χ3n) is 4.58. The number of halogens is 1. The Balaban J connectivity index is 2.28. The van der Waals surface area contributed by atoms with Crippen molar-refractivity contribution in [3.8, 4) is 0 Å². The molecule has 0 aliphatic heterocycles. The van der Waals surface area contributed by atoms with E-state index in [2.05, 4.69) is 5.32 Å². The maximum absolute atomic E-state index is 13.3. The van der Waals surface area contributed by atoms with Crippen LogP contribution in [-0.2, 0) is 24.7 Å². The summed E-state index contributed by atoms with van der Waals surface area (Å²) in [5, 5.41) is 2.77. The Hall–Kier alpha value is -2.46. The number of sulfone groups is 1. The molecule has 0 unspecified atom stereocenters. The van der Waals surface area contributed by atoms with Gasteiger partial charge >= 0.3 is 0 Å². The number of anilines is 1. The molecule has 0 radical (unpaired) electrons. The first kappa shape index (κ1) is 23.8. The lowest BCUT2D eigenvalue weighted by atomic mass is 10.1. The second-order valence-electron chi connectivity index (χ2n) is 7.03. The highest BCUT2D eigenvalue weighted by Crippen LogP contribution is 2.24. The Labute approximate surface area is 176 Å². The molecule has 0 spiro atoms. The predicted molar refractivity (Wildman–Crippen MR) is 114 cm³/mol. The number of hydrogen-bond acceptors (Lipinski definition) is 5. The number of nitrogens with one attached hydrogen (secondary N) is 1. The fourth-order valence-electron chi connectivity index (χ4n) is 3.04. The van der Waals surface area contributed by atoms with E-state index in [4.69, 9.17) is 0 Å². The zero-order valence-corrected chi connectivity index (χ0v) is 18.8. The van der Waals surface area contributed by atoms with Crippen molar-refractivity contribution in [3.63, 3.8) is 0 Å². The van der Waals surface area contributed by atoms with E-state index in [1.54, 1.807) is 26.0 Å². The van der Waals surface area contributed by atoms with Crippen LogP contribution in [-0.4, -0.2) is 41.3 Å². The summed E-state index contributed by atoms with van der Waals surface area (Å²) < 4.78 is 62.2. The van der Waals surface area contributed by atoms with Crippen molar-refractivity contribution in [1.82, 2.24) is 5.32 Å². The van der Waals surface area contributed by atoms with Gasteiger partial charge in [0.2, 0.25) is 15.9 Å². The van der Waals surface area contributed by atoms with E-state index in [-0.39, 0.29) is 17.0 Å². The normalized spacial score (nSPS) is 14.0. The van der Waals surface area contributed by atoms with Gasteiger partial charge in [0, 0.05) is 6.26 Å². The summed E-state index contributed by atoms with van der Waals surface area (Å²) >= 11 is 0. The lowest BCUT2D eigenvalue weighted by Gasteiger charge is -2.31. The maximum Gasteiger partial charge on any atom is 0.244 e. The minimum absolute atomic E-state index is 0.163. The first-order valence-electron chi connectivity index (χ1n) is 9.20. The van der Waals surface area contributed by atoms with Crippen molar-refractivity contribution in [2.75, 3.05) is 16.8 Å². The monoisotopic (exact) mass is 456 g/mol. The van der Waals surface area contributed by atoms with Gasteiger partial charge in [-0.1, -0.05) is 19.1 Å². The maximum atomic E-state index is 13.3. The lowest BCUT2D eigenvalue weighted by molar-refractivity contribution is -0.122. The molecule has 0 aliphatic rings. The largest absolute Gasteiger partial charge is 0.348 e. The molecule has 0 heterocycles. The standard InChI is InChI=1S/C20H25FN2O5S2/c1-5-19(23(30(4,27)28)17-10-8-16(21)9-11-17)20(24)22-14(2)15-6-12-18(13-7-15)29(3,25)26/h6-14,19H,5H2,1-4H3,(H,22,24)/t14-,19-/m1/s1. The van der Waals surface area contributed by atoms with E-state index in [9.17, 15) is 26.0 Å². The van der Waals surface area contributed by atoms with Crippen LogP contribution in [0.15, 0.2) is 53.4 Å². The second-order valence-corrected chi connectivity index (χ2v) is 10.9. The van der Waals surface area contributed by atoms with Crippen LogP contribution in [0.4, 0.5) is 10.1 Å². The van der Waals surface area contributed by atoms with Crippen LogP contribution in [0.2, 0.25) is 0 Å². The minimum Gasteiger partial charge on any atom is -0.348 e. The number of carbonyl (C=O) groups is 1. The van der Waals surface area contributed by atoms with Crippen molar-refractivity contribution >= 4 is 31.5 Å². The molecule has 0 fully saturated rings. The van der Waals surface area contributed by atoms with E-state index >= 15 is 0 Å². The fraction of sp³-hybridized carbons (Fsp3) is 0.350. The van der Waals surface area contributed by atoms with Crippen molar-refractivity contribution in [2.45, 2.75) is 37.2 Å². The summed E-state index contributed by atoms with van der Waals surface area (Å²) in [4.78, 5) is 13.1. The fourth-order valence-corrected chi connectivity index (χ4v) is 4.89. The average Bonchev–Trinajstić information content (AvgIpc) is 2.65. The zero-order chi connectivity index (χ0) is 22.7. The van der Waals surface area contributed by atoms with Crippen LogP contribution in [0.1, 0.15) is 31.9 Å². The van der Waals surface area contributed by atoms with Gasteiger partial charge in [0.25, 0.3) is 0 Å². The molecular weight excluding hydrogens is 431 g/mol. The van der Waals surface area contributed by atoms with Gasteiger partial charge in [0.1, 0.15) is 11.9 Å². The summed E-state index contributed by atoms with van der Waals surface area (Å²) in [6.45, 7) is 3.39. The molecule has 164 valence electrons. The van der Waals surface area contributed by atoms with Crippen LogP contribution in [0.25, 0.3) is 0 Å². The van der Waals surface area contributed by atoms with Gasteiger partial charge in [-0.25, -0.2) is 21.2 Å². The molecule has 0 aliphatic carbocycles. The second kappa shape index (κ2) is 9.13. The van der Waals surface area contributed by atoms with Gasteiger partial charge in [0.15, 0.2) is 9.84 Å². The highest BCUT2D eigenvalue weighted by atomic mass is 32.2. The zero-order valence-electron chi connectivity index (χ0n) is 17.2. The molecule has 2 aromatic carbocycles. The molecule has 0 bridgehead atoms. The Kier molecular flexibility index (Phi) is 7.25. The Bertz CT molecular complexity index is 1100. The average molecular weight is 457 g/mol. The third-order valence-corrected chi connectivity index (χ3v) is 6.89. The topological polar surface area (TPSA) is 101 Å². The van der Waals surface area contributed by atoms with Gasteiger partial charge in [-0.05, 0) is 55.3 Å². The Morgan fingerprint density at radius 1 is 1.00 bits per heavy atom. The minimum atomic E-state index is -3.83. The molecule has 1 amide bonds. The molecular formula is C20H25FN2O5S2. The smallest absolute Gasteiger partial charge is 0.244 e. The molecule has 0 saturated carbocycles. The Morgan fingerprint density at radius 3 is 1.97 bits per heavy atom.